The number of aliphatic hydroxyl groups excluding tert-OH is 1. The van der Waals surface area contributed by atoms with Gasteiger partial charge in [-0.15, -0.1) is 0 Å². The largest absolute Gasteiger partial charge is 0.481 e. The summed E-state index contributed by atoms with van der Waals surface area (Å²) in [7, 11) is 1.98. The lowest BCUT2D eigenvalue weighted by Crippen LogP contribution is -2.74. The number of nitrogens with zero attached hydrogens (tertiary/aromatic N) is 1. The van der Waals surface area contributed by atoms with Crippen LogP contribution in [0, 0.1) is 0 Å². The highest BCUT2D eigenvalue weighted by atomic mass is 16.6. The summed E-state index contributed by atoms with van der Waals surface area (Å²) in [5.41, 5.74) is 5.81. The van der Waals surface area contributed by atoms with E-state index in [1.54, 1.807) is 6.08 Å². The van der Waals surface area contributed by atoms with Gasteiger partial charge in [0, 0.05) is 30.0 Å². The van der Waals surface area contributed by atoms with E-state index >= 15 is 0 Å². The number of likely N-dealkylation sites (tertiary alicyclic amines) is 1. The van der Waals surface area contributed by atoms with Gasteiger partial charge in [0.25, 0.3) is 0 Å². The Balaban J connectivity index is 1.29. The number of rotatable bonds is 10. The minimum atomic E-state index is -1.33. The fourth-order valence-corrected chi connectivity index (χ4v) is 6.94. The average molecular weight is 588 g/mol. The van der Waals surface area contributed by atoms with Crippen LogP contribution in [0.1, 0.15) is 56.2 Å². The molecule has 2 bridgehead atoms. The second-order valence-electron chi connectivity index (χ2n) is 11.7. The lowest BCUT2D eigenvalue weighted by Gasteiger charge is -2.61. The molecule has 1 amide bonds. The molecule has 1 aromatic carbocycles. The zero-order chi connectivity index (χ0) is 30.6. The summed E-state index contributed by atoms with van der Waals surface area (Å²) in [5.74, 6) is -2.84. The topological polar surface area (TPSA) is 198 Å². The SMILES string of the molecule is C[C@H](NC(=O)CC[C@H](N)C(=O)O)C(=O)O[C@@H](C)C(=O)OC1=CC[C@@]2(O)[C@H]3Cc4ccc(CO)c5c4[C@@]2(CCN3C)[C@H]1O5. The predicted octanol–water partition coefficient (Wildman–Crippen LogP) is -0.372. The molecule has 0 unspecified atom stereocenters. The van der Waals surface area contributed by atoms with Gasteiger partial charge in [-0.3, -0.25) is 9.59 Å². The van der Waals surface area contributed by atoms with Crippen molar-refractivity contribution in [2.75, 3.05) is 13.6 Å². The van der Waals surface area contributed by atoms with Gasteiger partial charge in [0.1, 0.15) is 23.6 Å². The van der Waals surface area contributed by atoms with Crippen LogP contribution in [-0.4, -0.2) is 93.6 Å². The molecule has 228 valence electrons. The van der Waals surface area contributed by atoms with Crippen LogP contribution >= 0.6 is 0 Å². The van der Waals surface area contributed by atoms with E-state index in [1.165, 1.54) is 13.8 Å². The summed E-state index contributed by atoms with van der Waals surface area (Å²) in [5, 5.41) is 33.5. The lowest BCUT2D eigenvalue weighted by atomic mass is 9.50. The molecule has 2 aliphatic carbocycles. The Hall–Kier alpha value is -3.52. The minimum absolute atomic E-state index is 0.108. The molecule has 1 fully saturated rings. The summed E-state index contributed by atoms with van der Waals surface area (Å²) in [4.78, 5) is 50.7. The van der Waals surface area contributed by atoms with Gasteiger partial charge >= 0.3 is 17.9 Å². The third kappa shape index (κ3) is 4.64. The molecule has 13 nitrogen and oxygen atoms in total. The van der Waals surface area contributed by atoms with E-state index in [-0.39, 0.29) is 37.7 Å². The maximum atomic E-state index is 13.1. The summed E-state index contributed by atoms with van der Waals surface area (Å²) < 4.78 is 17.4. The number of benzene rings is 1. The normalized spacial score (nSPS) is 29.2. The molecule has 13 heteroatoms. The first-order valence-corrected chi connectivity index (χ1v) is 14.1. The van der Waals surface area contributed by atoms with Crippen LogP contribution in [0.4, 0.5) is 0 Å². The third-order valence-corrected chi connectivity index (χ3v) is 9.20. The first-order chi connectivity index (χ1) is 19.8. The van der Waals surface area contributed by atoms with Crippen molar-refractivity contribution in [2.24, 2.45) is 5.73 Å². The molecule has 42 heavy (non-hydrogen) atoms. The number of carbonyl (C=O) groups excluding carboxylic acids is 3. The van der Waals surface area contributed by atoms with Gasteiger partial charge in [-0.1, -0.05) is 12.1 Å². The number of carboxylic acids is 1. The molecule has 2 aliphatic heterocycles. The van der Waals surface area contributed by atoms with Crippen molar-refractivity contribution in [3.63, 3.8) is 0 Å². The molecule has 0 aromatic heterocycles. The summed E-state index contributed by atoms with van der Waals surface area (Å²) in [6.07, 6.45) is 0.572. The van der Waals surface area contributed by atoms with Gasteiger partial charge < -0.3 is 45.5 Å². The molecule has 7 atom stereocenters. The van der Waals surface area contributed by atoms with E-state index in [0.29, 0.717) is 30.7 Å². The molecule has 5 rings (SSSR count). The number of carbonyl (C=O) groups is 4. The van der Waals surface area contributed by atoms with Crippen molar-refractivity contribution >= 4 is 23.8 Å². The zero-order valence-electron chi connectivity index (χ0n) is 23.8. The quantitative estimate of drug-likeness (QED) is 0.223. The second-order valence-corrected chi connectivity index (χ2v) is 11.7. The van der Waals surface area contributed by atoms with E-state index in [9.17, 15) is 29.4 Å². The molecular formula is C29H37N3O10. The highest BCUT2D eigenvalue weighted by molar-refractivity contribution is 5.86. The Kier molecular flexibility index (Phi) is 7.81. The summed E-state index contributed by atoms with van der Waals surface area (Å²) in [6.45, 7) is 3.16. The first-order valence-electron chi connectivity index (χ1n) is 14.1. The number of carboxylic acid groups (broad SMARTS) is 1. The van der Waals surface area contributed by atoms with Gasteiger partial charge in [0.05, 0.1) is 17.6 Å². The number of hydrogen-bond acceptors (Lipinski definition) is 11. The maximum Gasteiger partial charge on any atom is 0.352 e. The number of nitrogens with two attached hydrogens (primary N) is 1. The average Bonchev–Trinajstić information content (AvgIpc) is 3.30. The van der Waals surface area contributed by atoms with Crippen molar-refractivity contribution in [3.8, 4) is 5.75 Å². The van der Waals surface area contributed by atoms with Crippen LogP contribution in [-0.2, 0) is 47.1 Å². The minimum Gasteiger partial charge on any atom is -0.481 e. The maximum absolute atomic E-state index is 13.1. The molecule has 0 radical (unpaired) electrons. The molecule has 1 aromatic rings. The van der Waals surface area contributed by atoms with Crippen molar-refractivity contribution < 1.29 is 48.7 Å². The van der Waals surface area contributed by atoms with Crippen molar-refractivity contribution in [3.05, 3.63) is 40.7 Å². The molecule has 6 N–H and O–H groups in total. The number of piperidine rings is 1. The second kappa shape index (κ2) is 11.0. The van der Waals surface area contributed by atoms with Gasteiger partial charge in [0.15, 0.2) is 12.2 Å². The Labute approximate surface area is 242 Å². The number of esters is 2. The first kappa shape index (κ1) is 30.0. The smallest absolute Gasteiger partial charge is 0.352 e. The van der Waals surface area contributed by atoms with E-state index < -0.39 is 59.1 Å². The van der Waals surface area contributed by atoms with E-state index in [0.717, 1.165) is 11.1 Å². The number of amides is 1. The van der Waals surface area contributed by atoms with E-state index in [4.69, 9.17) is 25.1 Å². The zero-order valence-corrected chi connectivity index (χ0v) is 23.8. The van der Waals surface area contributed by atoms with Crippen molar-refractivity contribution in [1.29, 1.82) is 0 Å². The van der Waals surface area contributed by atoms with Gasteiger partial charge in [-0.25, -0.2) is 9.59 Å². The van der Waals surface area contributed by atoms with Crippen molar-refractivity contribution in [2.45, 2.75) is 93.9 Å². The van der Waals surface area contributed by atoms with Gasteiger partial charge in [-0.2, -0.15) is 0 Å². The highest BCUT2D eigenvalue weighted by Gasteiger charge is 2.71. The van der Waals surface area contributed by atoms with E-state index in [1.807, 2.05) is 19.2 Å². The number of ether oxygens (including phenoxy) is 3. The monoisotopic (exact) mass is 587 g/mol. The Morgan fingerprint density at radius 1 is 1.24 bits per heavy atom. The molecule has 1 saturated heterocycles. The Bertz CT molecular complexity index is 1350. The Morgan fingerprint density at radius 3 is 2.67 bits per heavy atom. The summed E-state index contributed by atoms with van der Waals surface area (Å²) in [6, 6.07) is 1.29. The molecule has 1 spiro atoms. The third-order valence-electron chi connectivity index (χ3n) is 9.20. The van der Waals surface area contributed by atoms with Crippen LogP contribution in [0.5, 0.6) is 5.75 Å². The molecular weight excluding hydrogens is 550 g/mol. The predicted molar refractivity (Wildman–Crippen MR) is 145 cm³/mol. The number of aliphatic carboxylic acids is 1. The van der Waals surface area contributed by atoms with Crippen LogP contribution in [0.15, 0.2) is 24.0 Å². The lowest BCUT2D eigenvalue weighted by molar-refractivity contribution is -0.176. The fourth-order valence-electron chi connectivity index (χ4n) is 6.94. The number of likely N-dealkylation sites (N-methyl/N-ethyl adjacent to an activating group) is 1. The van der Waals surface area contributed by atoms with Crippen molar-refractivity contribution in [1.82, 2.24) is 10.2 Å². The summed E-state index contributed by atoms with van der Waals surface area (Å²) >= 11 is 0. The highest BCUT2D eigenvalue weighted by Crippen LogP contribution is 2.64. The van der Waals surface area contributed by atoms with Crippen LogP contribution in [0.2, 0.25) is 0 Å². The van der Waals surface area contributed by atoms with Crippen LogP contribution in [0.25, 0.3) is 0 Å². The molecule has 2 heterocycles. The number of nitrogens with one attached hydrogen (secondary N) is 1. The van der Waals surface area contributed by atoms with Gasteiger partial charge in [0.2, 0.25) is 5.91 Å². The number of hydrogen-bond donors (Lipinski definition) is 5. The molecule has 4 aliphatic rings. The van der Waals surface area contributed by atoms with Crippen LogP contribution < -0.4 is 15.8 Å². The fraction of sp³-hybridized carbons (Fsp3) is 0.586. The number of aliphatic hydroxyl groups is 2. The standard InChI is InChI=1S/C29H37N3O10/c1-14(31-21(34)7-6-18(30)25(35)36)26(37)40-15(2)27(38)41-19-8-9-29(39)20-12-16-4-5-17(13-33)23-22(16)28(29,24(19)42-23)10-11-32(20)3/h4-5,8,14-15,18,20,24,33,39H,6-7,9-13,30H2,1-3H3,(H,31,34)(H,35,36)/t14-,15-,18-,20+,24-,28-,29+/m0/s1. The Morgan fingerprint density at radius 2 is 1.98 bits per heavy atom. The van der Waals surface area contributed by atoms with Gasteiger partial charge in [-0.05, 0) is 58.3 Å². The molecule has 0 saturated carbocycles. The van der Waals surface area contributed by atoms with E-state index in [2.05, 4.69) is 10.2 Å². The van der Waals surface area contributed by atoms with Crippen LogP contribution in [0.3, 0.4) is 0 Å².